The van der Waals surface area contributed by atoms with E-state index in [9.17, 15) is 13.6 Å². The molecule has 0 atom stereocenters. The number of rotatable bonds is 2. The molecule has 1 N–H and O–H groups in total. The number of fused-ring (bicyclic) bond motifs is 1. The first-order valence-corrected chi connectivity index (χ1v) is 7.65. The van der Waals surface area contributed by atoms with Crippen molar-refractivity contribution < 1.29 is 13.6 Å². The maximum Gasteiger partial charge on any atom is 0.256 e. The standard InChI is InChI=1S/C20H12F2N2O/c21-15-4-6-18(22)14(8-15)9-17-16-5-3-12(10-19(16)24-20(17)25)13-2-1-7-23-11-13/h1-11H,(H,24,25). The third-order valence-corrected chi connectivity index (χ3v) is 4.06. The molecule has 0 saturated carbocycles. The minimum absolute atomic E-state index is 0.0364. The zero-order valence-electron chi connectivity index (χ0n) is 13.0. The van der Waals surface area contributed by atoms with Gasteiger partial charge in [-0.3, -0.25) is 9.78 Å². The van der Waals surface area contributed by atoms with Crippen LogP contribution in [0.25, 0.3) is 22.8 Å². The highest BCUT2D eigenvalue weighted by Crippen LogP contribution is 2.36. The molecule has 2 heterocycles. The van der Waals surface area contributed by atoms with Crippen LogP contribution in [0.4, 0.5) is 14.5 Å². The molecule has 0 bridgehead atoms. The zero-order chi connectivity index (χ0) is 17.4. The summed E-state index contributed by atoms with van der Waals surface area (Å²) in [5.41, 5.74) is 3.46. The molecule has 1 amide bonds. The Kier molecular flexibility index (Phi) is 3.61. The van der Waals surface area contributed by atoms with E-state index in [4.69, 9.17) is 0 Å². The van der Waals surface area contributed by atoms with Gasteiger partial charge in [0.1, 0.15) is 11.6 Å². The SMILES string of the molecule is O=C1Nc2cc(-c3cccnc3)ccc2C1=Cc1cc(F)ccc1F. The highest BCUT2D eigenvalue weighted by molar-refractivity contribution is 6.35. The Bertz CT molecular complexity index is 1010. The van der Waals surface area contributed by atoms with Gasteiger partial charge in [0.25, 0.3) is 5.91 Å². The van der Waals surface area contributed by atoms with E-state index in [1.54, 1.807) is 18.5 Å². The van der Waals surface area contributed by atoms with Crippen molar-refractivity contribution in [1.82, 2.24) is 4.98 Å². The second kappa shape index (κ2) is 5.94. The summed E-state index contributed by atoms with van der Waals surface area (Å²) in [6.07, 6.45) is 4.79. The lowest BCUT2D eigenvalue weighted by Crippen LogP contribution is -2.03. The first-order valence-electron chi connectivity index (χ1n) is 7.65. The fourth-order valence-corrected chi connectivity index (χ4v) is 2.83. The van der Waals surface area contributed by atoms with Crippen LogP contribution in [-0.4, -0.2) is 10.9 Å². The number of amides is 1. The molecule has 3 aromatic rings. The quantitative estimate of drug-likeness (QED) is 0.700. The van der Waals surface area contributed by atoms with Gasteiger partial charge in [-0.15, -0.1) is 0 Å². The van der Waals surface area contributed by atoms with Gasteiger partial charge in [0, 0.05) is 40.3 Å². The second-order valence-corrected chi connectivity index (χ2v) is 5.68. The van der Waals surface area contributed by atoms with Gasteiger partial charge in [0.2, 0.25) is 0 Å². The van der Waals surface area contributed by atoms with Crippen molar-refractivity contribution in [3.8, 4) is 11.1 Å². The van der Waals surface area contributed by atoms with Crippen LogP contribution in [0, 0.1) is 11.6 Å². The average Bonchev–Trinajstić information content (AvgIpc) is 2.93. The van der Waals surface area contributed by atoms with Gasteiger partial charge in [0.05, 0.1) is 0 Å². The molecule has 0 radical (unpaired) electrons. The molecule has 5 heteroatoms. The van der Waals surface area contributed by atoms with Gasteiger partial charge in [-0.2, -0.15) is 0 Å². The first-order chi connectivity index (χ1) is 12.1. The van der Waals surface area contributed by atoms with Crippen LogP contribution in [0.3, 0.4) is 0 Å². The van der Waals surface area contributed by atoms with E-state index in [1.165, 1.54) is 6.08 Å². The normalized spacial score (nSPS) is 14.5. The van der Waals surface area contributed by atoms with E-state index < -0.39 is 11.6 Å². The van der Waals surface area contributed by atoms with Gasteiger partial charge < -0.3 is 5.32 Å². The third-order valence-electron chi connectivity index (χ3n) is 4.06. The smallest absolute Gasteiger partial charge is 0.256 e. The van der Waals surface area contributed by atoms with Crippen LogP contribution in [-0.2, 0) is 4.79 Å². The lowest BCUT2D eigenvalue weighted by atomic mass is 10.00. The molecule has 1 aromatic heterocycles. The van der Waals surface area contributed by atoms with Crippen molar-refractivity contribution in [3.63, 3.8) is 0 Å². The Morgan fingerprint density at radius 3 is 2.68 bits per heavy atom. The second-order valence-electron chi connectivity index (χ2n) is 5.68. The largest absolute Gasteiger partial charge is 0.321 e. The van der Waals surface area contributed by atoms with E-state index in [-0.39, 0.29) is 11.5 Å². The predicted octanol–water partition coefficient (Wildman–Crippen LogP) is 4.52. The van der Waals surface area contributed by atoms with Crippen LogP contribution in [0.1, 0.15) is 11.1 Å². The molecule has 3 nitrogen and oxygen atoms in total. The highest BCUT2D eigenvalue weighted by atomic mass is 19.1. The number of benzene rings is 2. The monoisotopic (exact) mass is 334 g/mol. The van der Waals surface area contributed by atoms with Gasteiger partial charge in [-0.25, -0.2) is 8.78 Å². The molecule has 1 aliphatic rings. The molecule has 4 rings (SSSR count). The van der Waals surface area contributed by atoms with Crippen molar-refractivity contribution in [3.05, 3.63) is 83.7 Å². The molecule has 0 saturated heterocycles. The van der Waals surface area contributed by atoms with Crippen molar-refractivity contribution in [2.45, 2.75) is 0 Å². The van der Waals surface area contributed by atoms with E-state index in [2.05, 4.69) is 10.3 Å². The summed E-state index contributed by atoms with van der Waals surface area (Å²) in [7, 11) is 0. The Hall–Kier alpha value is -3.34. The van der Waals surface area contributed by atoms with E-state index >= 15 is 0 Å². The summed E-state index contributed by atoms with van der Waals surface area (Å²) in [5.74, 6) is -1.48. The van der Waals surface area contributed by atoms with Crippen LogP contribution >= 0.6 is 0 Å². The van der Waals surface area contributed by atoms with Crippen molar-refractivity contribution in [1.29, 1.82) is 0 Å². The number of carbonyl (C=O) groups is 1. The van der Waals surface area contributed by atoms with Crippen LogP contribution < -0.4 is 5.32 Å². The van der Waals surface area contributed by atoms with Crippen molar-refractivity contribution >= 4 is 23.2 Å². The number of hydrogen-bond acceptors (Lipinski definition) is 2. The van der Waals surface area contributed by atoms with Gasteiger partial charge >= 0.3 is 0 Å². The fourth-order valence-electron chi connectivity index (χ4n) is 2.83. The number of halogens is 2. The van der Waals surface area contributed by atoms with Crippen LogP contribution in [0.5, 0.6) is 0 Å². The molecular formula is C20H12F2N2O. The summed E-state index contributed by atoms with van der Waals surface area (Å²) < 4.78 is 27.2. The Morgan fingerprint density at radius 2 is 1.88 bits per heavy atom. The third kappa shape index (κ3) is 2.80. The van der Waals surface area contributed by atoms with Gasteiger partial charge in [0.15, 0.2) is 0 Å². The number of nitrogens with zero attached hydrogens (tertiary/aromatic N) is 1. The van der Waals surface area contributed by atoms with Crippen LogP contribution in [0.2, 0.25) is 0 Å². The fraction of sp³-hybridized carbons (Fsp3) is 0. The summed E-state index contributed by atoms with van der Waals surface area (Å²) in [5, 5.41) is 2.77. The lowest BCUT2D eigenvalue weighted by Gasteiger charge is -2.04. The maximum absolute atomic E-state index is 13.9. The Labute approximate surface area is 142 Å². The predicted molar refractivity (Wildman–Crippen MR) is 92.5 cm³/mol. The molecule has 25 heavy (non-hydrogen) atoms. The summed E-state index contributed by atoms with van der Waals surface area (Å²) in [6.45, 7) is 0. The first kappa shape index (κ1) is 15.2. The molecule has 0 unspecified atom stereocenters. The number of aromatic nitrogens is 1. The molecule has 122 valence electrons. The number of hydrogen-bond donors (Lipinski definition) is 1. The summed E-state index contributed by atoms with van der Waals surface area (Å²) in [4.78, 5) is 16.4. The molecule has 2 aromatic carbocycles. The zero-order valence-corrected chi connectivity index (χ0v) is 13.0. The Morgan fingerprint density at radius 1 is 1.00 bits per heavy atom. The molecule has 1 aliphatic heterocycles. The van der Waals surface area contributed by atoms with Gasteiger partial charge in [-0.1, -0.05) is 18.2 Å². The lowest BCUT2D eigenvalue weighted by molar-refractivity contribution is -0.110. The summed E-state index contributed by atoms with van der Waals surface area (Å²) >= 11 is 0. The van der Waals surface area contributed by atoms with Crippen molar-refractivity contribution in [2.75, 3.05) is 5.32 Å². The number of nitrogens with one attached hydrogen (secondary N) is 1. The minimum Gasteiger partial charge on any atom is -0.321 e. The topological polar surface area (TPSA) is 42.0 Å². The Balaban J connectivity index is 1.78. The number of anilines is 1. The van der Waals surface area contributed by atoms with E-state index in [0.717, 1.165) is 29.3 Å². The van der Waals surface area contributed by atoms with E-state index in [1.807, 2.05) is 24.3 Å². The van der Waals surface area contributed by atoms with E-state index in [0.29, 0.717) is 16.8 Å². The molecule has 0 aliphatic carbocycles. The molecular weight excluding hydrogens is 322 g/mol. The minimum atomic E-state index is -0.581. The number of pyridine rings is 1. The van der Waals surface area contributed by atoms with Crippen molar-refractivity contribution in [2.24, 2.45) is 0 Å². The average molecular weight is 334 g/mol. The molecule has 0 fully saturated rings. The number of carbonyl (C=O) groups excluding carboxylic acids is 1. The summed E-state index contributed by atoms with van der Waals surface area (Å²) in [6, 6.07) is 12.4. The molecule has 0 spiro atoms. The maximum atomic E-state index is 13.9. The highest BCUT2D eigenvalue weighted by Gasteiger charge is 2.24. The van der Waals surface area contributed by atoms with Crippen LogP contribution in [0.15, 0.2) is 60.9 Å². The van der Waals surface area contributed by atoms with Gasteiger partial charge in [-0.05, 0) is 42.0 Å².